The molecule has 2 aromatic rings. The summed E-state index contributed by atoms with van der Waals surface area (Å²) in [6, 6.07) is 8.07. The molecule has 5 heteroatoms. The number of halogens is 3. The third-order valence-corrected chi connectivity index (χ3v) is 3.25. The van der Waals surface area contributed by atoms with Crippen molar-refractivity contribution in [2.45, 2.75) is 19.6 Å². The number of benzene rings is 2. The molecule has 0 radical (unpaired) electrons. The van der Waals surface area contributed by atoms with Crippen molar-refractivity contribution >= 4 is 11.6 Å². The molecule has 0 saturated carbocycles. The fourth-order valence-electron chi connectivity index (χ4n) is 1.83. The number of nitrogens with two attached hydrogens (primary N) is 1. The quantitative estimate of drug-likeness (QED) is 0.917. The molecule has 0 aromatic heterocycles. The normalized spacial score (nSPS) is 12.2. The van der Waals surface area contributed by atoms with Crippen LogP contribution in [0.3, 0.4) is 0 Å². The Bertz CT molecular complexity index is 597. The molecule has 2 N–H and O–H groups in total. The van der Waals surface area contributed by atoms with Gasteiger partial charge in [0.25, 0.3) is 0 Å². The summed E-state index contributed by atoms with van der Waals surface area (Å²) >= 11 is 5.92. The van der Waals surface area contributed by atoms with E-state index in [0.29, 0.717) is 11.3 Å². The van der Waals surface area contributed by atoms with Crippen LogP contribution in [-0.2, 0) is 6.61 Å². The van der Waals surface area contributed by atoms with Gasteiger partial charge in [0, 0.05) is 17.2 Å². The lowest BCUT2D eigenvalue weighted by molar-refractivity contribution is 0.295. The number of ether oxygens (including phenoxy) is 1. The Kier molecular flexibility index (Phi) is 4.57. The zero-order chi connectivity index (χ0) is 14.7. The minimum absolute atomic E-state index is 0.0448. The molecule has 2 rings (SSSR count). The van der Waals surface area contributed by atoms with Gasteiger partial charge < -0.3 is 10.5 Å². The summed E-state index contributed by atoms with van der Waals surface area (Å²) in [5.74, 6) is -0.420. The van der Waals surface area contributed by atoms with Gasteiger partial charge in [0.05, 0.1) is 5.02 Å². The Morgan fingerprint density at radius 3 is 2.65 bits per heavy atom. The average molecular weight is 298 g/mol. The summed E-state index contributed by atoms with van der Waals surface area (Å²) in [5.41, 5.74) is 6.55. The highest BCUT2D eigenvalue weighted by molar-refractivity contribution is 6.31. The van der Waals surface area contributed by atoms with Gasteiger partial charge in [-0.15, -0.1) is 0 Å². The second-order valence-corrected chi connectivity index (χ2v) is 4.87. The predicted molar refractivity (Wildman–Crippen MR) is 74.7 cm³/mol. The Labute approximate surface area is 121 Å². The van der Waals surface area contributed by atoms with E-state index in [1.165, 1.54) is 30.3 Å². The van der Waals surface area contributed by atoms with Gasteiger partial charge in [0.15, 0.2) is 0 Å². The van der Waals surface area contributed by atoms with Crippen molar-refractivity contribution in [1.29, 1.82) is 0 Å². The summed E-state index contributed by atoms with van der Waals surface area (Å²) < 4.78 is 32.4. The number of hydrogen-bond donors (Lipinski definition) is 1. The minimum Gasteiger partial charge on any atom is -0.488 e. The van der Waals surface area contributed by atoms with Crippen LogP contribution >= 0.6 is 11.6 Å². The molecule has 0 aliphatic heterocycles. The van der Waals surface area contributed by atoms with Crippen LogP contribution < -0.4 is 10.5 Å². The first kappa shape index (κ1) is 14.8. The van der Waals surface area contributed by atoms with Crippen molar-refractivity contribution in [3.63, 3.8) is 0 Å². The molecule has 0 bridgehead atoms. The first-order valence-electron chi connectivity index (χ1n) is 6.09. The van der Waals surface area contributed by atoms with E-state index < -0.39 is 17.7 Å². The molecule has 0 fully saturated rings. The van der Waals surface area contributed by atoms with Crippen LogP contribution in [0.25, 0.3) is 0 Å². The van der Waals surface area contributed by atoms with Gasteiger partial charge in [-0.05, 0) is 37.3 Å². The van der Waals surface area contributed by atoms with Crippen molar-refractivity contribution < 1.29 is 13.5 Å². The van der Waals surface area contributed by atoms with Crippen molar-refractivity contribution in [2.24, 2.45) is 5.73 Å². The zero-order valence-corrected chi connectivity index (χ0v) is 11.6. The Morgan fingerprint density at radius 2 is 2.00 bits per heavy atom. The lowest BCUT2D eigenvalue weighted by Gasteiger charge is -2.15. The molecule has 0 amide bonds. The second kappa shape index (κ2) is 6.20. The van der Waals surface area contributed by atoms with Gasteiger partial charge in [-0.25, -0.2) is 8.78 Å². The van der Waals surface area contributed by atoms with Crippen LogP contribution in [0.5, 0.6) is 5.75 Å². The molecule has 1 atom stereocenters. The Balaban J connectivity index is 2.23. The first-order chi connectivity index (χ1) is 9.49. The van der Waals surface area contributed by atoms with E-state index >= 15 is 0 Å². The van der Waals surface area contributed by atoms with E-state index in [0.717, 1.165) is 0 Å². The fourth-order valence-corrected chi connectivity index (χ4v) is 2.04. The molecule has 0 saturated heterocycles. The molecule has 0 aliphatic carbocycles. The Morgan fingerprint density at radius 1 is 1.25 bits per heavy atom. The topological polar surface area (TPSA) is 35.2 Å². The van der Waals surface area contributed by atoms with E-state index in [2.05, 4.69) is 0 Å². The van der Waals surface area contributed by atoms with Crippen LogP contribution in [0.1, 0.15) is 24.1 Å². The molecule has 0 heterocycles. The number of hydrogen-bond acceptors (Lipinski definition) is 2. The highest BCUT2D eigenvalue weighted by Crippen LogP contribution is 2.27. The smallest absolute Gasteiger partial charge is 0.131 e. The molecular weight excluding hydrogens is 284 g/mol. The lowest BCUT2D eigenvalue weighted by atomic mass is 10.1. The van der Waals surface area contributed by atoms with Gasteiger partial charge in [-0.2, -0.15) is 0 Å². The maximum atomic E-state index is 13.6. The van der Waals surface area contributed by atoms with Gasteiger partial charge >= 0.3 is 0 Å². The van der Waals surface area contributed by atoms with Crippen molar-refractivity contribution in [3.05, 3.63) is 64.2 Å². The standard InChI is InChI=1S/C15H14ClF2NO/c1-9(19)11-7-10(17)5-6-15(11)20-8-12-13(16)3-2-4-14(12)18/h2-7,9H,8,19H2,1H3/t9-/m1/s1. The highest BCUT2D eigenvalue weighted by Gasteiger charge is 2.12. The Hall–Kier alpha value is -1.65. The van der Waals surface area contributed by atoms with E-state index in [4.69, 9.17) is 22.1 Å². The average Bonchev–Trinajstić information content (AvgIpc) is 2.39. The van der Waals surface area contributed by atoms with Gasteiger partial charge in [0.1, 0.15) is 24.0 Å². The molecule has 0 unspecified atom stereocenters. The van der Waals surface area contributed by atoms with E-state index in [1.54, 1.807) is 13.0 Å². The molecule has 20 heavy (non-hydrogen) atoms. The second-order valence-electron chi connectivity index (χ2n) is 4.46. The van der Waals surface area contributed by atoms with Crippen LogP contribution in [0.4, 0.5) is 8.78 Å². The molecular formula is C15H14ClF2NO. The van der Waals surface area contributed by atoms with E-state index in [1.807, 2.05) is 0 Å². The zero-order valence-electron chi connectivity index (χ0n) is 10.9. The van der Waals surface area contributed by atoms with Crippen molar-refractivity contribution in [3.8, 4) is 5.75 Å². The summed E-state index contributed by atoms with van der Waals surface area (Å²) in [5, 5.41) is 0.287. The predicted octanol–water partition coefficient (Wildman–Crippen LogP) is 4.22. The first-order valence-corrected chi connectivity index (χ1v) is 6.47. The molecule has 2 nitrogen and oxygen atoms in total. The fraction of sp³-hybridized carbons (Fsp3) is 0.200. The lowest BCUT2D eigenvalue weighted by Crippen LogP contribution is -2.09. The SMILES string of the molecule is C[C@@H](N)c1cc(F)ccc1OCc1c(F)cccc1Cl. The molecule has 106 valence electrons. The molecule has 0 aliphatic rings. The van der Waals surface area contributed by atoms with Crippen molar-refractivity contribution in [1.82, 2.24) is 0 Å². The van der Waals surface area contributed by atoms with Crippen molar-refractivity contribution in [2.75, 3.05) is 0 Å². The molecule has 0 spiro atoms. The highest BCUT2D eigenvalue weighted by atomic mass is 35.5. The number of rotatable bonds is 4. The van der Waals surface area contributed by atoms with Crippen LogP contribution in [0.2, 0.25) is 5.02 Å². The minimum atomic E-state index is -0.443. The third-order valence-electron chi connectivity index (χ3n) is 2.90. The summed E-state index contributed by atoms with van der Waals surface area (Å²) in [6.45, 7) is 1.68. The van der Waals surface area contributed by atoms with Gasteiger partial charge in [-0.1, -0.05) is 17.7 Å². The van der Waals surface area contributed by atoms with E-state index in [9.17, 15) is 8.78 Å². The van der Waals surface area contributed by atoms with Crippen LogP contribution in [0, 0.1) is 11.6 Å². The maximum Gasteiger partial charge on any atom is 0.131 e. The van der Waals surface area contributed by atoms with Gasteiger partial charge in [0.2, 0.25) is 0 Å². The monoisotopic (exact) mass is 297 g/mol. The van der Waals surface area contributed by atoms with Crippen LogP contribution in [0.15, 0.2) is 36.4 Å². The summed E-state index contributed by atoms with van der Waals surface area (Å²) in [4.78, 5) is 0. The summed E-state index contributed by atoms with van der Waals surface area (Å²) in [6.07, 6.45) is 0. The molecule has 2 aromatic carbocycles. The van der Waals surface area contributed by atoms with Crippen LogP contribution in [-0.4, -0.2) is 0 Å². The summed E-state index contributed by atoms with van der Waals surface area (Å²) in [7, 11) is 0. The third kappa shape index (κ3) is 3.26. The van der Waals surface area contributed by atoms with E-state index in [-0.39, 0.29) is 17.2 Å². The largest absolute Gasteiger partial charge is 0.488 e. The van der Waals surface area contributed by atoms with Gasteiger partial charge in [-0.3, -0.25) is 0 Å². The maximum absolute atomic E-state index is 13.6.